The van der Waals surface area contributed by atoms with Crippen LogP contribution in [-0.2, 0) is 4.79 Å². The van der Waals surface area contributed by atoms with E-state index in [0.717, 1.165) is 25.3 Å². The van der Waals surface area contributed by atoms with Crippen LogP contribution in [0.4, 0.5) is 20.4 Å². The highest BCUT2D eigenvalue weighted by atomic mass is 19.1. The molecule has 1 aliphatic carbocycles. The number of hydrogen-bond donors (Lipinski definition) is 3. The van der Waals surface area contributed by atoms with E-state index >= 15 is 0 Å². The lowest BCUT2D eigenvalue weighted by Crippen LogP contribution is -2.27. The minimum Gasteiger partial charge on any atom is -0.368 e. The third-order valence-corrected chi connectivity index (χ3v) is 3.06. The lowest BCUT2D eigenvalue weighted by molar-refractivity contribution is -0.120. The van der Waals surface area contributed by atoms with Gasteiger partial charge >= 0.3 is 0 Å². The zero-order valence-electron chi connectivity index (χ0n) is 12.0. The van der Waals surface area contributed by atoms with Crippen molar-refractivity contribution in [1.82, 2.24) is 10.3 Å². The second-order valence-electron chi connectivity index (χ2n) is 5.09. The lowest BCUT2D eigenvalue weighted by Gasteiger charge is -2.11. The van der Waals surface area contributed by atoms with E-state index in [2.05, 4.69) is 20.9 Å². The van der Waals surface area contributed by atoms with Crippen molar-refractivity contribution in [2.45, 2.75) is 38.6 Å². The molecule has 116 valence electrons. The van der Waals surface area contributed by atoms with Crippen LogP contribution >= 0.6 is 0 Å². The van der Waals surface area contributed by atoms with Crippen LogP contribution in [0.3, 0.4) is 0 Å². The summed E-state index contributed by atoms with van der Waals surface area (Å²) in [6, 6.07) is 1.10. The fourth-order valence-corrected chi connectivity index (χ4v) is 1.78. The largest absolute Gasteiger partial charge is 0.368 e. The Bertz CT molecular complexity index is 506. The van der Waals surface area contributed by atoms with Crippen LogP contribution in [0, 0.1) is 11.6 Å². The van der Waals surface area contributed by atoms with Crippen molar-refractivity contribution in [2.75, 3.05) is 23.7 Å². The number of amides is 1. The van der Waals surface area contributed by atoms with Gasteiger partial charge in [-0.15, -0.1) is 0 Å². The number of pyridine rings is 1. The number of rotatable bonds is 8. The molecule has 0 spiro atoms. The Kier molecular flexibility index (Phi) is 5.30. The van der Waals surface area contributed by atoms with Crippen molar-refractivity contribution in [1.29, 1.82) is 0 Å². The Labute approximate surface area is 122 Å². The van der Waals surface area contributed by atoms with Crippen molar-refractivity contribution in [3.8, 4) is 0 Å². The molecule has 21 heavy (non-hydrogen) atoms. The van der Waals surface area contributed by atoms with Gasteiger partial charge in [0.2, 0.25) is 5.91 Å². The Morgan fingerprint density at radius 2 is 1.86 bits per heavy atom. The summed E-state index contributed by atoms with van der Waals surface area (Å²) in [6.45, 7) is 2.74. The van der Waals surface area contributed by atoms with Crippen molar-refractivity contribution >= 4 is 17.5 Å². The molecule has 0 unspecified atom stereocenters. The number of hydrogen-bond acceptors (Lipinski definition) is 4. The molecule has 0 atom stereocenters. The van der Waals surface area contributed by atoms with Crippen molar-refractivity contribution in [2.24, 2.45) is 0 Å². The van der Waals surface area contributed by atoms with Gasteiger partial charge in [-0.1, -0.05) is 6.92 Å². The zero-order valence-corrected chi connectivity index (χ0v) is 12.0. The van der Waals surface area contributed by atoms with Gasteiger partial charge in [0.05, 0.1) is 0 Å². The summed E-state index contributed by atoms with van der Waals surface area (Å²) in [4.78, 5) is 15.4. The minimum absolute atomic E-state index is 0.0168. The highest BCUT2D eigenvalue weighted by molar-refractivity contribution is 5.77. The molecule has 1 amide bonds. The number of anilines is 2. The first-order valence-corrected chi connectivity index (χ1v) is 7.23. The molecule has 1 aliphatic rings. The first-order valence-electron chi connectivity index (χ1n) is 7.23. The van der Waals surface area contributed by atoms with Gasteiger partial charge in [-0.3, -0.25) is 4.79 Å². The molecule has 0 aliphatic heterocycles. The normalized spacial score (nSPS) is 13.9. The molecule has 0 aromatic carbocycles. The first-order chi connectivity index (χ1) is 10.1. The fraction of sp³-hybridized carbons (Fsp3) is 0.571. The summed E-state index contributed by atoms with van der Waals surface area (Å²) in [6.07, 6.45) is 3.09. The average Bonchev–Trinajstić information content (AvgIpc) is 3.24. The smallest absolute Gasteiger partial charge is 0.221 e. The molecule has 0 radical (unpaired) electrons. The molecular weight excluding hydrogens is 278 g/mol. The third kappa shape index (κ3) is 4.84. The van der Waals surface area contributed by atoms with Crippen LogP contribution in [0.1, 0.15) is 32.6 Å². The minimum atomic E-state index is -0.767. The van der Waals surface area contributed by atoms with Gasteiger partial charge < -0.3 is 16.0 Å². The molecule has 0 bridgehead atoms. The summed E-state index contributed by atoms with van der Waals surface area (Å²) in [5, 5.41) is 8.36. The number of halogens is 2. The Hall–Kier alpha value is -1.92. The van der Waals surface area contributed by atoms with Crippen molar-refractivity contribution in [3.05, 3.63) is 17.7 Å². The van der Waals surface area contributed by atoms with Gasteiger partial charge in [-0.2, -0.15) is 0 Å². The fourth-order valence-electron chi connectivity index (χ4n) is 1.78. The SMILES string of the molecule is CCCNc1nc(NCCC(=O)NC2CC2)c(F)cc1F. The number of aromatic nitrogens is 1. The Balaban J connectivity index is 1.87. The molecule has 1 saturated carbocycles. The average molecular weight is 298 g/mol. The Morgan fingerprint density at radius 3 is 2.43 bits per heavy atom. The van der Waals surface area contributed by atoms with Gasteiger partial charge in [0.25, 0.3) is 0 Å². The predicted octanol–water partition coefficient (Wildman–Crippen LogP) is 2.26. The van der Waals surface area contributed by atoms with E-state index in [1.807, 2.05) is 6.92 Å². The summed E-state index contributed by atoms with van der Waals surface area (Å²) < 4.78 is 27.1. The van der Waals surface area contributed by atoms with Crippen LogP contribution in [0.25, 0.3) is 0 Å². The number of nitrogens with zero attached hydrogens (tertiary/aromatic N) is 1. The molecule has 3 N–H and O–H groups in total. The maximum atomic E-state index is 13.6. The maximum Gasteiger partial charge on any atom is 0.221 e. The van der Waals surface area contributed by atoms with Gasteiger partial charge in [-0.25, -0.2) is 13.8 Å². The second kappa shape index (κ2) is 7.19. The van der Waals surface area contributed by atoms with E-state index < -0.39 is 11.6 Å². The van der Waals surface area contributed by atoms with Gasteiger partial charge in [0.15, 0.2) is 23.3 Å². The summed E-state index contributed by atoms with van der Waals surface area (Å²) >= 11 is 0. The van der Waals surface area contributed by atoms with Gasteiger partial charge in [0, 0.05) is 31.6 Å². The molecule has 1 aromatic rings. The Morgan fingerprint density at radius 1 is 1.24 bits per heavy atom. The van der Waals surface area contributed by atoms with Crippen molar-refractivity contribution < 1.29 is 13.6 Å². The van der Waals surface area contributed by atoms with E-state index in [-0.39, 0.29) is 30.5 Å². The van der Waals surface area contributed by atoms with Crippen LogP contribution in [-0.4, -0.2) is 30.0 Å². The second-order valence-corrected chi connectivity index (χ2v) is 5.09. The molecule has 5 nitrogen and oxygen atoms in total. The highest BCUT2D eigenvalue weighted by Crippen LogP contribution is 2.20. The molecular formula is C14H20F2N4O. The third-order valence-electron chi connectivity index (χ3n) is 3.06. The van der Waals surface area contributed by atoms with E-state index in [4.69, 9.17) is 0 Å². The summed E-state index contributed by atoms with van der Waals surface area (Å²) in [5.41, 5.74) is 0. The van der Waals surface area contributed by atoms with E-state index in [1.165, 1.54) is 0 Å². The van der Waals surface area contributed by atoms with E-state index in [9.17, 15) is 13.6 Å². The summed E-state index contributed by atoms with van der Waals surface area (Å²) in [7, 11) is 0. The number of carbonyl (C=O) groups excluding carboxylic acids is 1. The van der Waals surface area contributed by atoms with Gasteiger partial charge in [0.1, 0.15) is 0 Å². The number of nitrogens with one attached hydrogen (secondary N) is 3. The van der Waals surface area contributed by atoms with Crippen LogP contribution < -0.4 is 16.0 Å². The van der Waals surface area contributed by atoms with Crippen LogP contribution in [0.2, 0.25) is 0 Å². The standard InChI is InChI=1S/C14H20F2N4O/c1-2-6-17-13-10(15)8-11(16)14(20-13)18-7-5-12(21)19-9-3-4-9/h8-9H,2-7H2,1H3,(H,19,21)(H2,17,18,20). The topological polar surface area (TPSA) is 66.0 Å². The predicted molar refractivity (Wildman–Crippen MR) is 77.2 cm³/mol. The monoisotopic (exact) mass is 298 g/mol. The molecule has 7 heteroatoms. The van der Waals surface area contributed by atoms with E-state index in [0.29, 0.717) is 12.6 Å². The van der Waals surface area contributed by atoms with Crippen molar-refractivity contribution in [3.63, 3.8) is 0 Å². The number of carbonyl (C=O) groups is 1. The summed E-state index contributed by atoms with van der Waals surface area (Å²) in [5.74, 6) is -1.59. The molecule has 1 aromatic heterocycles. The zero-order chi connectivity index (χ0) is 15.2. The van der Waals surface area contributed by atoms with E-state index in [1.54, 1.807) is 0 Å². The maximum absolute atomic E-state index is 13.6. The molecule has 1 fully saturated rings. The first kappa shape index (κ1) is 15.5. The molecule has 1 heterocycles. The highest BCUT2D eigenvalue weighted by Gasteiger charge is 2.22. The molecule has 2 rings (SSSR count). The van der Waals surface area contributed by atoms with Crippen LogP contribution in [0.15, 0.2) is 6.07 Å². The van der Waals surface area contributed by atoms with Crippen LogP contribution in [0.5, 0.6) is 0 Å². The molecule has 0 saturated heterocycles. The lowest BCUT2D eigenvalue weighted by atomic mass is 10.3. The quantitative estimate of drug-likeness (QED) is 0.689. The van der Waals surface area contributed by atoms with Gasteiger partial charge in [-0.05, 0) is 19.3 Å².